The second-order valence-electron chi connectivity index (χ2n) is 4.96. The Balaban J connectivity index is 2.50. The Morgan fingerprint density at radius 1 is 1.50 bits per heavy atom. The second-order valence-corrected chi connectivity index (χ2v) is 5.37. The molecule has 8 heteroatoms. The molecule has 0 spiro atoms. The minimum Gasteiger partial charge on any atom is -0.490 e. The molecule has 0 aromatic carbocycles. The number of alkyl carbamates (subject to hydrolysis) is 1. The number of pyridine rings is 1. The Labute approximate surface area is 134 Å². The molecule has 0 radical (unpaired) electrons. The number of nitrogens with zero attached hydrogens (tertiary/aromatic N) is 2. The van der Waals surface area contributed by atoms with Crippen molar-refractivity contribution in [3.05, 3.63) is 18.3 Å². The van der Waals surface area contributed by atoms with E-state index in [9.17, 15) is 4.79 Å². The summed E-state index contributed by atoms with van der Waals surface area (Å²) in [7, 11) is 0. The lowest BCUT2D eigenvalue weighted by molar-refractivity contribution is 0.158. The van der Waals surface area contributed by atoms with Crippen LogP contribution in [0.3, 0.4) is 0 Å². The fourth-order valence-electron chi connectivity index (χ4n) is 1.24. The number of nitriles is 1. The Hall–Kier alpha value is -2.40. The molecular formula is C14H18N4O3S. The van der Waals surface area contributed by atoms with Crippen molar-refractivity contribution in [2.24, 2.45) is 5.41 Å². The molecule has 7 nitrogen and oxygen atoms in total. The fraction of sp³-hybridized carbons (Fsp3) is 0.429. The van der Waals surface area contributed by atoms with Crippen molar-refractivity contribution in [3.8, 4) is 11.8 Å². The molecule has 1 aromatic rings. The van der Waals surface area contributed by atoms with Gasteiger partial charge in [-0.05, 0) is 45.1 Å². The summed E-state index contributed by atoms with van der Waals surface area (Å²) in [6.45, 7) is 5.80. The predicted molar refractivity (Wildman–Crippen MR) is 85.5 cm³/mol. The van der Waals surface area contributed by atoms with Crippen molar-refractivity contribution in [3.63, 3.8) is 0 Å². The zero-order valence-electron chi connectivity index (χ0n) is 12.7. The summed E-state index contributed by atoms with van der Waals surface area (Å²) in [4.78, 5) is 15.3. The van der Waals surface area contributed by atoms with Gasteiger partial charge in [-0.25, -0.2) is 9.78 Å². The van der Waals surface area contributed by atoms with Gasteiger partial charge in [0.1, 0.15) is 18.2 Å². The van der Waals surface area contributed by atoms with E-state index in [4.69, 9.17) is 27.0 Å². The van der Waals surface area contributed by atoms with Crippen LogP contribution >= 0.6 is 12.2 Å². The van der Waals surface area contributed by atoms with Crippen molar-refractivity contribution in [1.29, 1.82) is 5.26 Å². The van der Waals surface area contributed by atoms with Crippen molar-refractivity contribution in [2.45, 2.75) is 20.8 Å². The third-order valence-corrected chi connectivity index (χ3v) is 2.58. The highest BCUT2D eigenvalue weighted by atomic mass is 32.1. The molecule has 0 atom stereocenters. The average molecular weight is 322 g/mol. The Kier molecular flexibility index (Phi) is 6.53. The largest absolute Gasteiger partial charge is 0.490 e. The monoisotopic (exact) mass is 322 g/mol. The van der Waals surface area contributed by atoms with Crippen LogP contribution in [0.4, 0.5) is 10.6 Å². The molecule has 1 heterocycles. The van der Waals surface area contributed by atoms with Gasteiger partial charge in [0, 0.05) is 0 Å². The topological polar surface area (TPSA) is 96.3 Å². The maximum atomic E-state index is 11.2. The van der Waals surface area contributed by atoms with Crippen LogP contribution in [0.2, 0.25) is 0 Å². The van der Waals surface area contributed by atoms with Gasteiger partial charge < -0.3 is 14.8 Å². The number of nitrogens with one attached hydrogen (secondary N) is 2. The van der Waals surface area contributed by atoms with Gasteiger partial charge in [-0.3, -0.25) is 5.32 Å². The van der Waals surface area contributed by atoms with E-state index < -0.39 is 11.5 Å². The average Bonchev–Trinajstić information content (AvgIpc) is 2.46. The Morgan fingerprint density at radius 2 is 2.23 bits per heavy atom. The highest BCUT2D eigenvalue weighted by molar-refractivity contribution is 7.80. The molecule has 0 fully saturated rings. The van der Waals surface area contributed by atoms with Gasteiger partial charge in [-0.1, -0.05) is 0 Å². The van der Waals surface area contributed by atoms with Crippen molar-refractivity contribution in [2.75, 3.05) is 18.5 Å². The smallest absolute Gasteiger partial charge is 0.413 e. The first-order chi connectivity index (χ1) is 10.4. The van der Waals surface area contributed by atoms with E-state index in [-0.39, 0.29) is 18.3 Å². The van der Waals surface area contributed by atoms with Crippen molar-refractivity contribution >= 4 is 29.2 Å². The molecule has 0 saturated carbocycles. The SMILES string of the molecule is CCOC(=O)NC(=S)Nc1ccc(OCC(C)(C)C#N)cn1. The molecule has 0 unspecified atom stereocenters. The third kappa shape index (κ3) is 6.37. The van der Waals surface area contributed by atoms with Gasteiger partial charge in [0.15, 0.2) is 5.11 Å². The van der Waals surface area contributed by atoms with Gasteiger partial charge in [-0.2, -0.15) is 5.26 Å². The van der Waals surface area contributed by atoms with Gasteiger partial charge in [0.2, 0.25) is 0 Å². The van der Waals surface area contributed by atoms with Crippen LogP contribution in [0, 0.1) is 16.7 Å². The minimum atomic E-state index is -0.626. The zero-order valence-corrected chi connectivity index (χ0v) is 13.5. The highest BCUT2D eigenvalue weighted by Crippen LogP contribution is 2.18. The van der Waals surface area contributed by atoms with Gasteiger partial charge in [0.25, 0.3) is 0 Å². The van der Waals surface area contributed by atoms with Crippen LogP contribution in [-0.2, 0) is 4.74 Å². The molecule has 1 rings (SSSR count). The highest BCUT2D eigenvalue weighted by Gasteiger charge is 2.17. The summed E-state index contributed by atoms with van der Waals surface area (Å²) in [5, 5.41) is 14.1. The number of hydrogen-bond acceptors (Lipinski definition) is 6. The molecule has 0 aliphatic heterocycles. The molecule has 0 bridgehead atoms. The third-order valence-electron chi connectivity index (χ3n) is 2.37. The molecule has 22 heavy (non-hydrogen) atoms. The van der Waals surface area contributed by atoms with Gasteiger partial charge in [-0.15, -0.1) is 0 Å². The first-order valence-electron chi connectivity index (χ1n) is 6.61. The van der Waals surface area contributed by atoms with E-state index in [2.05, 4.69) is 21.7 Å². The summed E-state index contributed by atoms with van der Waals surface area (Å²) < 4.78 is 10.2. The maximum absolute atomic E-state index is 11.2. The molecule has 1 aromatic heterocycles. The molecule has 2 N–H and O–H groups in total. The standard InChI is InChI=1S/C14H18N4O3S/c1-4-20-13(19)18-12(22)17-11-6-5-10(7-16-11)21-9-14(2,3)8-15/h5-7H,4,9H2,1-3H3,(H2,16,17,18,19,22). The zero-order chi connectivity index (χ0) is 16.6. The van der Waals surface area contributed by atoms with E-state index >= 15 is 0 Å². The van der Waals surface area contributed by atoms with Crippen LogP contribution in [-0.4, -0.2) is 29.4 Å². The molecule has 1 amide bonds. The number of anilines is 1. The Morgan fingerprint density at radius 3 is 2.77 bits per heavy atom. The number of rotatable bonds is 5. The van der Waals surface area contributed by atoms with Crippen molar-refractivity contribution < 1.29 is 14.3 Å². The van der Waals surface area contributed by atoms with Gasteiger partial charge >= 0.3 is 6.09 Å². The molecule has 118 valence electrons. The van der Waals surface area contributed by atoms with Crippen molar-refractivity contribution in [1.82, 2.24) is 10.3 Å². The quantitative estimate of drug-likeness (QED) is 0.804. The summed E-state index contributed by atoms with van der Waals surface area (Å²) >= 11 is 4.94. The summed E-state index contributed by atoms with van der Waals surface area (Å²) in [5.74, 6) is 0.992. The molecule has 0 aliphatic rings. The van der Waals surface area contributed by atoms with E-state index in [1.165, 1.54) is 6.20 Å². The Bertz CT molecular complexity index is 566. The van der Waals surface area contributed by atoms with E-state index in [0.717, 1.165) is 0 Å². The summed E-state index contributed by atoms with van der Waals surface area (Å²) in [5.41, 5.74) is -0.567. The van der Waals surface area contributed by atoms with Crippen LogP contribution in [0.25, 0.3) is 0 Å². The predicted octanol–water partition coefficient (Wildman–Crippen LogP) is 2.45. The number of hydrogen-bond donors (Lipinski definition) is 2. The van der Waals surface area contributed by atoms with E-state index in [1.807, 2.05) is 0 Å². The summed E-state index contributed by atoms with van der Waals surface area (Å²) in [6, 6.07) is 5.49. The number of amides is 1. The van der Waals surface area contributed by atoms with E-state index in [1.54, 1.807) is 32.9 Å². The number of ether oxygens (including phenoxy) is 2. The first kappa shape index (κ1) is 17.7. The maximum Gasteiger partial charge on any atom is 0.413 e. The number of carbonyl (C=O) groups is 1. The van der Waals surface area contributed by atoms with Crippen LogP contribution in [0.1, 0.15) is 20.8 Å². The lowest BCUT2D eigenvalue weighted by Gasteiger charge is -2.16. The summed E-state index contributed by atoms with van der Waals surface area (Å²) in [6.07, 6.45) is 0.877. The normalized spacial score (nSPS) is 10.3. The van der Waals surface area contributed by atoms with Crippen LogP contribution in [0.15, 0.2) is 18.3 Å². The molecular weight excluding hydrogens is 304 g/mol. The lowest BCUT2D eigenvalue weighted by Crippen LogP contribution is -2.34. The number of carbonyl (C=O) groups excluding carboxylic acids is 1. The van der Waals surface area contributed by atoms with E-state index in [0.29, 0.717) is 11.6 Å². The first-order valence-corrected chi connectivity index (χ1v) is 7.02. The van der Waals surface area contributed by atoms with Crippen LogP contribution < -0.4 is 15.4 Å². The molecule has 0 saturated heterocycles. The van der Waals surface area contributed by atoms with Crippen LogP contribution in [0.5, 0.6) is 5.75 Å². The minimum absolute atomic E-state index is 0.0882. The number of thiocarbonyl (C=S) groups is 1. The van der Waals surface area contributed by atoms with Gasteiger partial charge in [0.05, 0.1) is 24.3 Å². The second kappa shape index (κ2) is 8.14. The number of aromatic nitrogens is 1. The fourth-order valence-corrected chi connectivity index (χ4v) is 1.43. The lowest BCUT2D eigenvalue weighted by atomic mass is 9.98. The molecule has 0 aliphatic carbocycles.